The average Bonchev–Trinajstić information content (AvgIpc) is 3.00. The van der Waals surface area contributed by atoms with Crippen molar-refractivity contribution in [2.45, 2.75) is 5.16 Å². The number of carbonyl (C=O) groups is 1. The van der Waals surface area contributed by atoms with Gasteiger partial charge in [0.05, 0.1) is 10.7 Å². The first kappa shape index (κ1) is 19.4. The van der Waals surface area contributed by atoms with E-state index in [1.807, 2.05) is 0 Å². The van der Waals surface area contributed by atoms with Crippen LogP contribution in [0.1, 0.15) is 0 Å². The Morgan fingerprint density at radius 3 is 2.54 bits per heavy atom. The third-order valence-corrected chi connectivity index (χ3v) is 5.16. The van der Waals surface area contributed by atoms with Crippen molar-refractivity contribution in [1.29, 1.82) is 0 Å². The van der Waals surface area contributed by atoms with Crippen molar-refractivity contribution in [3.63, 3.8) is 0 Å². The molecule has 1 aromatic carbocycles. The lowest BCUT2D eigenvalue weighted by molar-refractivity contribution is -0.383. The number of aryl methyl sites for hydroxylation is 2. The van der Waals surface area contributed by atoms with E-state index in [1.165, 1.54) is 36.9 Å². The van der Waals surface area contributed by atoms with E-state index in [2.05, 4.69) is 10.3 Å². The number of thioether (sulfide) groups is 1. The van der Waals surface area contributed by atoms with Gasteiger partial charge in [-0.15, -0.1) is 0 Å². The Kier molecular flexibility index (Phi) is 5.05. The van der Waals surface area contributed by atoms with Gasteiger partial charge in [-0.3, -0.25) is 28.8 Å². The zero-order valence-electron chi connectivity index (χ0n) is 15.2. The topological polar surface area (TPSA) is 134 Å². The van der Waals surface area contributed by atoms with Crippen molar-refractivity contribution < 1.29 is 9.72 Å². The standard InChI is InChI=1S/C16H16N6O5S/c1-19-13-12(14(24)21(3)16(25)20(13)2)18-15(19)28-8-11(23)17-9-6-4-5-7-10(9)22(26)27/h4-7H,8H2,1-3H3,(H,17,23). The molecule has 2 heterocycles. The van der Waals surface area contributed by atoms with Crippen molar-refractivity contribution in [2.24, 2.45) is 21.1 Å². The van der Waals surface area contributed by atoms with Crippen LogP contribution in [-0.4, -0.2) is 35.3 Å². The quantitative estimate of drug-likeness (QED) is 0.374. The molecule has 0 radical (unpaired) electrons. The van der Waals surface area contributed by atoms with E-state index in [4.69, 9.17) is 0 Å². The van der Waals surface area contributed by atoms with Crippen molar-refractivity contribution >= 4 is 40.2 Å². The van der Waals surface area contributed by atoms with Gasteiger partial charge in [-0.05, 0) is 6.07 Å². The minimum absolute atomic E-state index is 0.0858. The van der Waals surface area contributed by atoms with E-state index in [-0.39, 0.29) is 22.6 Å². The summed E-state index contributed by atoms with van der Waals surface area (Å²) in [6.45, 7) is 0. The third-order valence-electron chi connectivity index (χ3n) is 4.13. The maximum atomic E-state index is 12.3. The first-order chi connectivity index (χ1) is 13.2. The lowest BCUT2D eigenvalue weighted by Gasteiger charge is -2.07. The van der Waals surface area contributed by atoms with Crippen molar-refractivity contribution in [1.82, 2.24) is 18.7 Å². The van der Waals surface area contributed by atoms with Gasteiger partial charge in [0, 0.05) is 27.2 Å². The smallest absolute Gasteiger partial charge is 0.320 e. The normalized spacial score (nSPS) is 11.0. The highest BCUT2D eigenvalue weighted by Gasteiger charge is 2.19. The summed E-state index contributed by atoms with van der Waals surface area (Å²) in [6.07, 6.45) is 0. The van der Waals surface area contributed by atoms with E-state index < -0.39 is 22.1 Å². The number of para-hydroxylation sites is 2. The van der Waals surface area contributed by atoms with Crippen LogP contribution in [0.15, 0.2) is 39.0 Å². The first-order valence-corrected chi connectivity index (χ1v) is 8.99. The van der Waals surface area contributed by atoms with Gasteiger partial charge in [0.1, 0.15) is 5.69 Å². The fourth-order valence-corrected chi connectivity index (χ4v) is 3.51. The van der Waals surface area contributed by atoms with E-state index in [9.17, 15) is 24.5 Å². The number of amides is 1. The Labute approximate surface area is 161 Å². The van der Waals surface area contributed by atoms with Crippen molar-refractivity contribution in [2.75, 3.05) is 11.1 Å². The molecule has 0 bridgehead atoms. The summed E-state index contributed by atoms with van der Waals surface area (Å²) in [6, 6.07) is 5.82. The maximum Gasteiger partial charge on any atom is 0.332 e. The minimum atomic E-state index is -0.579. The Morgan fingerprint density at radius 1 is 1.18 bits per heavy atom. The second-order valence-electron chi connectivity index (χ2n) is 5.94. The van der Waals surface area contributed by atoms with E-state index in [0.29, 0.717) is 10.8 Å². The fourth-order valence-electron chi connectivity index (χ4n) is 2.74. The number of fused-ring (bicyclic) bond motifs is 1. The number of imidazole rings is 1. The lowest BCUT2D eigenvalue weighted by atomic mass is 10.2. The van der Waals surface area contributed by atoms with Gasteiger partial charge in [-0.25, -0.2) is 9.78 Å². The van der Waals surface area contributed by atoms with Gasteiger partial charge in [-0.1, -0.05) is 23.9 Å². The average molecular weight is 404 g/mol. The molecular formula is C16H16N6O5S. The van der Waals surface area contributed by atoms with Gasteiger partial charge in [0.15, 0.2) is 16.3 Å². The van der Waals surface area contributed by atoms with Crippen LogP contribution in [0.4, 0.5) is 11.4 Å². The molecule has 1 N–H and O–H groups in total. The molecular weight excluding hydrogens is 388 g/mol. The van der Waals surface area contributed by atoms with Crippen LogP contribution < -0.4 is 16.6 Å². The van der Waals surface area contributed by atoms with Crippen molar-refractivity contribution in [3.05, 3.63) is 55.2 Å². The molecule has 0 spiro atoms. The van der Waals surface area contributed by atoms with Crippen LogP contribution in [0.25, 0.3) is 11.2 Å². The predicted molar refractivity (Wildman–Crippen MR) is 104 cm³/mol. The fraction of sp³-hybridized carbons (Fsp3) is 0.250. The first-order valence-electron chi connectivity index (χ1n) is 8.01. The predicted octanol–water partition coefficient (Wildman–Crippen LogP) is 0.610. The number of benzene rings is 1. The molecule has 11 nitrogen and oxygen atoms in total. The minimum Gasteiger partial charge on any atom is -0.320 e. The van der Waals surface area contributed by atoms with Gasteiger partial charge in [0.25, 0.3) is 11.2 Å². The van der Waals surface area contributed by atoms with Crippen LogP contribution >= 0.6 is 11.8 Å². The molecule has 0 saturated carbocycles. The van der Waals surface area contributed by atoms with Gasteiger partial charge in [0.2, 0.25) is 5.91 Å². The molecule has 28 heavy (non-hydrogen) atoms. The van der Waals surface area contributed by atoms with E-state index in [0.717, 1.165) is 16.3 Å². The molecule has 1 amide bonds. The molecule has 0 aliphatic carbocycles. The highest BCUT2D eigenvalue weighted by molar-refractivity contribution is 7.99. The Morgan fingerprint density at radius 2 is 1.86 bits per heavy atom. The van der Waals surface area contributed by atoms with Crippen LogP contribution in [0.3, 0.4) is 0 Å². The van der Waals surface area contributed by atoms with Crippen molar-refractivity contribution in [3.8, 4) is 0 Å². The lowest BCUT2D eigenvalue weighted by Crippen LogP contribution is -2.37. The highest BCUT2D eigenvalue weighted by Crippen LogP contribution is 2.24. The number of nitro benzene ring substituents is 1. The third kappa shape index (κ3) is 3.29. The number of nitro groups is 1. The molecule has 146 valence electrons. The second kappa shape index (κ2) is 7.31. The SMILES string of the molecule is Cn1c(=O)c2nc(SCC(=O)Nc3ccccc3[N+](=O)[O-])n(C)c2n(C)c1=O. The van der Waals surface area contributed by atoms with Gasteiger partial charge in [-0.2, -0.15) is 0 Å². The summed E-state index contributed by atoms with van der Waals surface area (Å²) in [5.74, 6) is -0.551. The molecule has 0 fully saturated rings. The summed E-state index contributed by atoms with van der Waals surface area (Å²) in [7, 11) is 4.53. The Balaban J connectivity index is 1.84. The summed E-state index contributed by atoms with van der Waals surface area (Å²) >= 11 is 1.05. The summed E-state index contributed by atoms with van der Waals surface area (Å²) in [4.78, 5) is 51.3. The number of anilines is 1. The van der Waals surface area contributed by atoms with E-state index >= 15 is 0 Å². The number of hydrogen-bond donors (Lipinski definition) is 1. The molecule has 3 rings (SSSR count). The highest BCUT2D eigenvalue weighted by atomic mass is 32.2. The number of carbonyl (C=O) groups excluding carboxylic acids is 1. The second-order valence-corrected chi connectivity index (χ2v) is 6.88. The largest absolute Gasteiger partial charge is 0.332 e. The van der Waals surface area contributed by atoms with Crippen LogP contribution in [0.2, 0.25) is 0 Å². The number of rotatable bonds is 5. The zero-order chi connectivity index (χ0) is 20.6. The molecule has 0 aliphatic heterocycles. The molecule has 2 aromatic heterocycles. The number of nitrogens with one attached hydrogen (secondary N) is 1. The number of hydrogen-bond acceptors (Lipinski definition) is 7. The Bertz CT molecular complexity index is 1220. The molecule has 0 unspecified atom stereocenters. The molecule has 0 aliphatic rings. The van der Waals surface area contributed by atoms with Crippen LogP contribution in [-0.2, 0) is 25.9 Å². The van der Waals surface area contributed by atoms with Gasteiger partial charge >= 0.3 is 5.69 Å². The van der Waals surface area contributed by atoms with Crippen LogP contribution in [0.5, 0.6) is 0 Å². The molecule has 0 atom stereocenters. The zero-order valence-corrected chi connectivity index (χ0v) is 16.0. The van der Waals surface area contributed by atoms with Crippen LogP contribution in [0, 0.1) is 10.1 Å². The van der Waals surface area contributed by atoms with Gasteiger partial charge < -0.3 is 9.88 Å². The summed E-state index contributed by atoms with van der Waals surface area (Å²) in [5.41, 5.74) is -0.652. The monoisotopic (exact) mass is 404 g/mol. The maximum absolute atomic E-state index is 12.3. The summed E-state index contributed by atoms with van der Waals surface area (Å²) in [5, 5.41) is 13.9. The molecule has 12 heteroatoms. The van der Waals surface area contributed by atoms with E-state index in [1.54, 1.807) is 17.7 Å². The Hall–Kier alpha value is -3.41. The number of nitrogens with zero attached hydrogens (tertiary/aromatic N) is 5. The molecule has 3 aromatic rings. The molecule has 0 saturated heterocycles. The summed E-state index contributed by atoms with van der Waals surface area (Å²) < 4.78 is 3.83. The number of aromatic nitrogens is 4.